The van der Waals surface area contributed by atoms with Crippen LogP contribution in [0.15, 0.2) is 59.9 Å². The smallest absolute Gasteiger partial charge is 0.272 e. The Kier molecular flexibility index (Phi) is 5.64. The van der Waals surface area contributed by atoms with Gasteiger partial charge in [-0.3, -0.25) is 9.36 Å². The molecule has 0 radical (unpaired) electrons. The molecule has 26 heavy (non-hydrogen) atoms. The van der Waals surface area contributed by atoms with Crippen molar-refractivity contribution in [2.24, 2.45) is 0 Å². The number of imidazole rings is 1. The van der Waals surface area contributed by atoms with Crippen LogP contribution >= 0.6 is 23.4 Å². The Morgan fingerprint density at radius 1 is 1.19 bits per heavy atom. The van der Waals surface area contributed by atoms with Gasteiger partial charge >= 0.3 is 0 Å². The lowest BCUT2D eigenvalue weighted by molar-refractivity contribution is 0.0776. The van der Waals surface area contributed by atoms with Crippen LogP contribution in [0.4, 0.5) is 4.39 Å². The average Bonchev–Trinajstić information content (AvgIpc) is 3.07. The zero-order chi connectivity index (χ0) is 18.7. The number of rotatable bonds is 5. The molecule has 0 aliphatic rings. The van der Waals surface area contributed by atoms with E-state index in [2.05, 4.69) is 4.98 Å². The molecule has 0 spiro atoms. The molecule has 0 atom stereocenters. The average molecular weight is 390 g/mol. The van der Waals surface area contributed by atoms with E-state index < -0.39 is 0 Å². The van der Waals surface area contributed by atoms with E-state index >= 15 is 0 Å². The number of nitrogens with zero attached hydrogens (tertiary/aromatic N) is 3. The van der Waals surface area contributed by atoms with Gasteiger partial charge in [-0.2, -0.15) is 0 Å². The van der Waals surface area contributed by atoms with E-state index in [9.17, 15) is 9.18 Å². The van der Waals surface area contributed by atoms with Gasteiger partial charge in [0.1, 0.15) is 11.5 Å². The molecular formula is C19H17ClFN3OS. The van der Waals surface area contributed by atoms with Crippen LogP contribution in [-0.4, -0.2) is 33.7 Å². The van der Waals surface area contributed by atoms with E-state index in [1.165, 1.54) is 23.9 Å². The third-order valence-electron chi connectivity index (χ3n) is 3.90. The van der Waals surface area contributed by atoms with E-state index in [0.717, 1.165) is 5.56 Å². The number of halogens is 2. The van der Waals surface area contributed by atoms with E-state index in [-0.39, 0.29) is 11.7 Å². The summed E-state index contributed by atoms with van der Waals surface area (Å²) in [7, 11) is 1.73. The Morgan fingerprint density at radius 2 is 1.85 bits per heavy atom. The molecule has 1 heterocycles. The van der Waals surface area contributed by atoms with Crippen molar-refractivity contribution in [2.45, 2.75) is 11.7 Å². The molecular weight excluding hydrogens is 373 g/mol. The summed E-state index contributed by atoms with van der Waals surface area (Å²) in [4.78, 5) is 18.9. The topological polar surface area (TPSA) is 38.1 Å². The van der Waals surface area contributed by atoms with E-state index in [1.54, 1.807) is 47.0 Å². The normalized spacial score (nSPS) is 10.8. The van der Waals surface area contributed by atoms with Gasteiger partial charge in [-0.25, -0.2) is 9.37 Å². The Morgan fingerprint density at radius 3 is 2.46 bits per heavy atom. The summed E-state index contributed by atoms with van der Waals surface area (Å²) in [5.74, 6) is -0.496. The monoisotopic (exact) mass is 389 g/mol. The third kappa shape index (κ3) is 3.92. The van der Waals surface area contributed by atoms with Gasteiger partial charge in [-0.15, -0.1) is 0 Å². The Bertz CT molecular complexity index is 910. The van der Waals surface area contributed by atoms with Gasteiger partial charge in [0.15, 0.2) is 5.16 Å². The first-order valence-electron chi connectivity index (χ1n) is 7.87. The number of benzene rings is 2. The predicted octanol–water partition coefficient (Wildman–Crippen LogP) is 4.66. The van der Waals surface area contributed by atoms with Crippen molar-refractivity contribution in [3.8, 4) is 5.69 Å². The van der Waals surface area contributed by atoms with Crippen LogP contribution in [0.5, 0.6) is 0 Å². The summed E-state index contributed by atoms with van der Waals surface area (Å²) in [6.07, 6.45) is 3.43. The van der Waals surface area contributed by atoms with Gasteiger partial charge in [0.2, 0.25) is 0 Å². The molecule has 0 saturated heterocycles. The molecule has 7 heteroatoms. The van der Waals surface area contributed by atoms with Gasteiger partial charge in [-0.05, 0) is 48.2 Å². The summed E-state index contributed by atoms with van der Waals surface area (Å²) in [5, 5.41) is 1.32. The summed E-state index contributed by atoms with van der Waals surface area (Å²) < 4.78 is 15.0. The summed E-state index contributed by atoms with van der Waals surface area (Å²) in [6, 6.07) is 13.4. The minimum Gasteiger partial charge on any atom is -0.336 e. The molecule has 2 aromatic carbocycles. The van der Waals surface area contributed by atoms with Crippen molar-refractivity contribution in [3.63, 3.8) is 0 Å². The molecule has 4 nitrogen and oxygen atoms in total. The van der Waals surface area contributed by atoms with Crippen molar-refractivity contribution in [1.29, 1.82) is 0 Å². The molecule has 0 aliphatic heterocycles. The number of hydrogen-bond donors (Lipinski definition) is 0. The molecule has 3 aromatic rings. The Labute approximate surface area is 160 Å². The molecule has 3 rings (SSSR count). The molecule has 1 aromatic heterocycles. The van der Waals surface area contributed by atoms with Crippen molar-refractivity contribution < 1.29 is 9.18 Å². The number of amides is 1. The molecule has 0 bridgehead atoms. The Hall–Kier alpha value is -2.31. The van der Waals surface area contributed by atoms with Crippen LogP contribution in [0, 0.1) is 5.82 Å². The van der Waals surface area contributed by atoms with Crippen molar-refractivity contribution in [3.05, 3.63) is 76.8 Å². The standard InChI is InChI=1S/C19H17ClFN3OS/c1-23(12-13-3-5-14(20)6-4-13)18(25)17-11-22-19(26-2)24(17)16-9-7-15(21)8-10-16/h3-11H,12H2,1-2H3. The maximum atomic E-state index is 13.3. The van der Waals surface area contributed by atoms with Crippen LogP contribution in [0.1, 0.15) is 16.1 Å². The molecule has 0 aliphatic carbocycles. The van der Waals surface area contributed by atoms with Gasteiger partial charge in [0.25, 0.3) is 5.91 Å². The van der Waals surface area contributed by atoms with Gasteiger partial charge in [0.05, 0.1) is 6.20 Å². The number of carbonyl (C=O) groups excluding carboxylic acids is 1. The van der Waals surface area contributed by atoms with Crippen molar-refractivity contribution >= 4 is 29.3 Å². The largest absolute Gasteiger partial charge is 0.336 e. The second-order valence-electron chi connectivity index (χ2n) is 5.73. The van der Waals surface area contributed by atoms with Crippen LogP contribution < -0.4 is 0 Å². The highest BCUT2D eigenvalue weighted by Crippen LogP contribution is 2.23. The van der Waals surface area contributed by atoms with Crippen LogP contribution in [-0.2, 0) is 6.54 Å². The number of carbonyl (C=O) groups is 1. The van der Waals surface area contributed by atoms with Crippen molar-refractivity contribution in [1.82, 2.24) is 14.5 Å². The highest BCUT2D eigenvalue weighted by Gasteiger charge is 2.21. The van der Waals surface area contributed by atoms with E-state index in [4.69, 9.17) is 11.6 Å². The third-order valence-corrected chi connectivity index (χ3v) is 4.80. The Balaban J connectivity index is 1.90. The first kappa shape index (κ1) is 18.5. The van der Waals surface area contributed by atoms with Crippen LogP contribution in [0.3, 0.4) is 0 Å². The van der Waals surface area contributed by atoms with E-state index in [0.29, 0.717) is 28.1 Å². The second-order valence-corrected chi connectivity index (χ2v) is 6.94. The quantitative estimate of drug-likeness (QED) is 0.596. The lowest BCUT2D eigenvalue weighted by atomic mass is 10.2. The number of hydrogen-bond acceptors (Lipinski definition) is 3. The van der Waals surface area contributed by atoms with Gasteiger partial charge in [0, 0.05) is 24.3 Å². The summed E-state index contributed by atoms with van der Waals surface area (Å²) in [5.41, 5.74) is 2.09. The lowest BCUT2D eigenvalue weighted by Gasteiger charge is -2.19. The number of thioether (sulfide) groups is 1. The molecule has 134 valence electrons. The first-order chi connectivity index (χ1) is 12.5. The lowest BCUT2D eigenvalue weighted by Crippen LogP contribution is -2.28. The van der Waals surface area contributed by atoms with Gasteiger partial charge < -0.3 is 4.90 Å². The highest BCUT2D eigenvalue weighted by atomic mass is 35.5. The maximum Gasteiger partial charge on any atom is 0.272 e. The molecule has 0 N–H and O–H groups in total. The fraction of sp³-hybridized carbons (Fsp3) is 0.158. The van der Waals surface area contributed by atoms with E-state index in [1.807, 2.05) is 18.4 Å². The van der Waals surface area contributed by atoms with Gasteiger partial charge in [-0.1, -0.05) is 35.5 Å². The van der Waals surface area contributed by atoms with Crippen LogP contribution in [0.25, 0.3) is 5.69 Å². The molecule has 0 unspecified atom stereocenters. The second kappa shape index (κ2) is 7.93. The zero-order valence-corrected chi connectivity index (χ0v) is 15.9. The minimum atomic E-state index is -0.327. The molecule has 1 amide bonds. The van der Waals surface area contributed by atoms with Crippen molar-refractivity contribution in [2.75, 3.05) is 13.3 Å². The van der Waals surface area contributed by atoms with Crippen LogP contribution in [0.2, 0.25) is 5.02 Å². The zero-order valence-electron chi connectivity index (χ0n) is 14.3. The maximum absolute atomic E-state index is 13.3. The number of aromatic nitrogens is 2. The summed E-state index contributed by atoms with van der Waals surface area (Å²) in [6.45, 7) is 0.444. The first-order valence-corrected chi connectivity index (χ1v) is 9.47. The highest BCUT2D eigenvalue weighted by molar-refractivity contribution is 7.98. The molecule has 0 saturated carbocycles. The molecule has 0 fully saturated rings. The summed E-state index contributed by atoms with van der Waals surface area (Å²) >= 11 is 7.33. The minimum absolute atomic E-state index is 0.169. The SMILES string of the molecule is CSc1ncc(C(=O)N(C)Cc2ccc(Cl)cc2)n1-c1ccc(F)cc1. The fourth-order valence-corrected chi connectivity index (χ4v) is 3.27. The predicted molar refractivity (Wildman–Crippen MR) is 103 cm³/mol. The fourth-order valence-electron chi connectivity index (χ4n) is 2.60.